The molecule has 2 aliphatic heterocycles. The maximum absolute atomic E-state index is 15.3. The number of rotatable bonds is 14. The number of aliphatic hydroxyl groups is 1. The smallest absolute Gasteiger partial charge is 0.264 e. The maximum Gasteiger partial charge on any atom is 0.264 e. The number of carbonyl (C=O) groups excluding carboxylic acids is 3. The van der Waals surface area contributed by atoms with Gasteiger partial charge in [-0.2, -0.15) is 0 Å². The van der Waals surface area contributed by atoms with Crippen LogP contribution in [0.4, 0.5) is 17.1 Å². The molecule has 5 aromatic carbocycles. The molecule has 2 heterocycles. The Hall–Kier alpha value is -5.07. The van der Waals surface area contributed by atoms with Crippen LogP contribution in [0, 0.1) is 5.92 Å². The van der Waals surface area contributed by atoms with Crippen molar-refractivity contribution in [2.45, 2.75) is 56.8 Å². The van der Waals surface area contributed by atoms with Crippen LogP contribution in [0.1, 0.15) is 30.0 Å². The zero-order valence-corrected chi connectivity index (χ0v) is 35.3. The Morgan fingerprint density at radius 1 is 0.912 bits per heavy atom. The first-order chi connectivity index (χ1) is 27.5. The molecule has 294 valence electrons. The van der Waals surface area contributed by atoms with Crippen molar-refractivity contribution in [3.8, 4) is 5.75 Å². The molecule has 0 radical (unpaired) electrons. The van der Waals surface area contributed by atoms with Crippen molar-refractivity contribution in [1.29, 1.82) is 0 Å². The van der Waals surface area contributed by atoms with E-state index in [0.717, 1.165) is 44.7 Å². The van der Waals surface area contributed by atoms with Crippen molar-refractivity contribution in [2.24, 2.45) is 5.92 Å². The van der Waals surface area contributed by atoms with Crippen LogP contribution in [0.5, 0.6) is 5.75 Å². The summed E-state index contributed by atoms with van der Waals surface area (Å²) in [6.07, 6.45) is 0.267. The fourth-order valence-electron chi connectivity index (χ4n) is 8.96. The van der Waals surface area contributed by atoms with Crippen LogP contribution < -0.4 is 19.7 Å². The lowest BCUT2D eigenvalue weighted by Gasteiger charge is -2.37. The molecule has 1 saturated heterocycles. The van der Waals surface area contributed by atoms with Gasteiger partial charge in [-0.15, -0.1) is 0 Å². The fraction of sp³-hybridized carbons (Fsp3) is 0.283. The largest absolute Gasteiger partial charge is 0.497 e. The van der Waals surface area contributed by atoms with Gasteiger partial charge in [0.2, 0.25) is 12.3 Å². The zero-order valence-electron chi connectivity index (χ0n) is 32.7. The number of nitrogens with zero attached hydrogens (tertiary/aromatic N) is 3. The van der Waals surface area contributed by atoms with Crippen molar-refractivity contribution in [2.75, 3.05) is 30.1 Å². The number of para-hydroxylation sites is 1. The molecule has 1 spiro atoms. The number of fused-ring (bicyclic) bond motifs is 2. The molecule has 0 bridgehead atoms. The predicted molar refractivity (Wildman–Crippen MR) is 230 cm³/mol. The molecule has 0 saturated carbocycles. The van der Waals surface area contributed by atoms with E-state index in [0.29, 0.717) is 12.2 Å². The first-order valence-electron chi connectivity index (χ1n) is 19.3. The van der Waals surface area contributed by atoms with E-state index in [1.54, 1.807) is 21.8 Å². The van der Waals surface area contributed by atoms with Crippen LogP contribution in [-0.2, 0) is 37.8 Å². The number of anilines is 3. The van der Waals surface area contributed by atoms with E-state index in [1.165, 1.54) is 5.19 Å². The second-order valence-corrected chi connectivity index (χ2v) is 21.0. The quantitative estimate of drug-likeness (QED) is 0.0902. The minimum Gasteiger partial charge on any atom is -0.497 e. The third kappa shape index (κ3) is 7.69. The highest BCUT2D eigenvalue weighted by atomic mass is 79.9. The average molecular weight is 847 g/mol. The van der Waals surface area contributed by atoms with Gasteiger partial charge in [-0.3, -0.25) is 19.3 Å². The van der Waals surface area contributed by atoms with E-state index >= 15 is 4.79 Å². The molecular formula is C46H48BrN3O6Si. The van der Waals surface area contributed by atoms with Gasteiger partial charge in [0, 0.05) is 40.4 Å². The van der Waals surface area contributed by atoms with Gasteiger partial charge in [0.05, 0.1) is 46.5 Å². The van der Waals surface area contributed by atoms with Crippen molar-refractivity contribution < 1.29 is 29.0 Å². The van der Waals surface area contributed by atoms with Gasteiger partial charge in [0.25, 0.3) is 5.91 Å². The number of carbonyl (C=O) groups is 3. The Morgan fingerprint density at radius 3 is 2.19 bits per heavy atom. The second-order valence-electron chi connectivity index (χ2n) is 15.4. The Labute approximate surface area is 344 Å². The highest BCUT2D eigenvalue weighted by molar-refractivity contribution is 9.10. The van der Waals surface area contributed by atoms with Crippen LogP contribution in [0.3, 0.4) is 0 Å². The van der Waals surface area contributed by atoms with Gasteiger partial charge in [-0.25, -0.2) is 0 Å². The molecule has 1 fully saturated rings. The predicted octanol–water partition coefficient (Wildman–Crippen LogP) is 7.93. The lowest BCUT2D eigenvalue weighted by atomic mass is 9.82. The summed E-state index contributed by atoms with van der Waals surface area (Å²) in [6, 6.07) is 40.9. The van der Waals surface area contributed by atoms with E-state index in [1.807, 2.05) is 115 Å². The van der Waals surface area contributed by atoms with Gasteiger partial charge in [-0.05, 0) is 71.3 Å². The maximum atomic E-state index is 15.3. The number of hydrogen-bond donors (Lipinski definition) is 1. The normalized spacial score (nSPS) is 20.1. The number of amides is 3. The van der Waals surface area contributed by atoms with Crippen LogP contribution in [0.25, 0.3) is 0 Å². The SMILES string of the molecule is COc1ccc([Si](C)(C)[C@@H]2[C@@H](CC(=O)N(CCO)Cc3ccccc3)O[C@]3(C(=O)N(Cc4ccc(N(C=O)c5ccccc5)cc4)c4ccc(Br)cc43)[C@H]2C)cc1. The van der Waals surface area contributed by atoms with Gasteiger partial charge in [0.1, 0.15) is 5.75 Å². The number of hydrogen-bond acceptors (Lipinski definition) is 6. The molecule has 5 aromatic rings. The summed E-state index contributed by atoms with van der Waals surface area (Å²) in [5, 5.41) is 11.2. The van der Waals surface area contributed by atoms with Crippen molar-refractivity contribution >= 4 is 64.5 Å². The van der Waals surface area contributed by atoms with Gasteiger partial charge in [-0.1, -0.05) is 114 Å². The molecule has 2 aliphatic rings. The Bertz CT molecular complexity index is 2210. The molecule has 57 heavy (non-hydrogen) atoms. The van der Waals surface area contributed by atoms with Gasteiger partial charge in [0.15, 0.2) is 5.60 Å². The molecule has 0 aromatic heterocycles. The van der Waals surface area contributed by atoms with E-state index in [2.05, 4.69) is 48.1 Å². The van der Waals surface area contributed by atoms with Crippen molar-refractivity contribution in [3.05, 3.63) is 149 Å². The molecule has 0 unspecified atom stereocenters. The number of benzene rings is 5. The third-order valence-electron chi connectivity index (χ3n) is 11.8. The van der Waals surface area contributed by atoms with E-state index in [9.17, 15) is 14.7 Å². The number of halogens is 1. The van der Waals surface area contributed by atoms with E-state index < -0.39 is 19.8 Å². The molecular weight excluding hydrogens is 799 g/mol. The minimum atomic E-state index is -2.52. The first-order valence-corrected chi connectivity index (χ1v) is 23.1. The van der Waals surface area contributed by atoms with Crippen LogP contribution in [0.2, 0.25) is 18.6 Å². The molecule has 3 amide bonds. The number of aliphatic hydroxyl groups excluding tert-OH is 1. The third-order valence-corrected chi connectivity index (χ3v) is 16.7. The summed E-state index contributed by atoms with van der Waals surface area (Å²) in [7, 11) is -0.873. The van der Waals surface area contributed by atoms with Crippen LogP contribution in [0.15, 0.2) is 132 Å². The average Bonchev–Trinajstić information content (AvgIpc) is 3.64. The first kappa shape index (κ1) is 40.1. The van der Waals surface area contributed by atoms with Crippen LogP contribution in [-0.4, -0.2) is 62.7 Å². The van der Waals surface area contributed by atoms with E-state index in [4.69, 9.17) is 9.47 Å². The number of ether oxygens (including phenoxy) is 2. The molecule has 1 N–H and O–H groups in total. The zero-order chi connectivity index (χ0) is 40.3. The van der Waals surface area contributed by atoms with Gasteiger partial charge >= 0.3 is 0 Å². The summed E-state index contributed by atoms with van der Waals surface area (Å²) in [5.41, 5.74) is 3.36. The summed E-state index contributed by atoms with van der Waals surface area (Å²) in [4.78, 5) is 46.9. The summed E-state index contributed by atoms with van der Waals surface area (Å²) in [6.45, 7) is 7.36. The summed E-state index contributed by atoms with van der Waals surface area (Å²) < 4.78 is 13.6. The van der Waals surface area contributed by atoms with Crippen LogP contribution >= 0.6 is 15.9 Å². The molecule has 0 aliphatic carbocycles. The fourth-order valence-corrected chi connectivity index (χ4v) is 13.3. The van der Waals surface area contributed by atoms with Crippen molar-refractivity contribution in [1.82, 2.24) is 4.90 Å². The monoisotopic (exact) mass is 845 g/mol. The standard InChI is InChI=1S/C46H48BrN3O6Si/c1-32-44(57(3,4)39-22-20-38(55-2)21-23-39)42(28-43(53)48(25-26-51)29-33-11-7-5-8-12-33)56-46(32)40-27-35(47)17-24-41(40)49(45(46)54)30-34-15-18-37(19-16-34)50(31-52)36-13-9-6-10-14-36/h5-24,27,31-32,42,44,51H,25-26,28-30H2,1-4H3/t32-,42+,44-,46+/m0/s1. The molecule has 9 nitrogen and oxygen atoms in total. The highest BCUT2D eigenvalue weighted by Gasteiger charge is 2.66. The topological polar surface area (TPSA) is 99.6 Å². The Kier molecular flexibility index (Phi) is 11.8. The second kappa shape index (κ2) is 16.8. The Morgan fingerprint density at radius 2 is 1.56 bits per heavy atom. The minimum absolute atomic E-state index is 0.0584. The molecule has 4 atom stereocenters. The lowest BCUT2D eigenvalue weighted by molar-refractivity contribution is -0.150. The van der Waals surface area contributed by atoms with Gasteiger partial charge < -0.3 is 24.4 Å². The number of methoxy groups -OCH3 is 1. The molecule has 11 heteroatoms. The van der Waals surface area contributed by atoms with E-state index in [-0.39, 0.29) is 49.4 Å². The Balaban J connectivity index is 1.25. The summed E-state index contributed by atoms with van der Waals surface area (Å²) >= 11 is 3.69. The summed E-state index contributed by atoms with van der Waals surface area (Å²) in [5.74, 6) is 0.153. The lowest BCUT2D eigenvalue weighted by Crippen LogP contribution is -2.52. The molecule has 7 rings (SSSR count). The highest BCUT2D eigenvalue weighted by Crippen LogP contribution is 2.60. The van der Waals surface area contributed by atoms with Crippen molar-refractivity contribution in [3.63, 3.8) is 0 Å².